The third kappa shape index (κ3) is 4.04. The topological polar surface area (TPSA) is 72.2 Å². The number of carbonyl (C=O) groups excluding carboxylic acids is 2. The summed E-state index contributed by atoms with van der Waals surface area (Å²) in [6, 6.07) is 0. The van der Waals surface area contributed by atoms with E-state index in [9.17, 15) is 9.59 Å². The van der Waals surface area contributed by atoms with Crippen molar-refractivity contribution in [2.45, 2.75) is 26.7 Å². The molecule has 0 aliphatic rings. The molecule has 0 radical (unpaired) electrons. The van der Waals surface area contributed by atoms with Crippen LogP contribution in [0.5, 0.6) is 0 Å². The number of hydrogen-bond acceptors (Lipinski definition) is 2. The van der Waals surface area contributed by atoms with Crippen molar-refractivity contribution in [2.75, 3.05) is 7.05 Å². The Hall–Kier alpha value is -1.32. The van der Waals surface area contributed by atoms with E-state index in [1.54, 1.807) is 13.1 Å². The molecule has 0 rings (SSSR count). The van der Waals surface area contributed by atoms with Gasteiger partial charge in [-0.25, -0.2) is 0 Å². The molecule has 16 heavy (non-hydrogen) atoms. The molecule has 0 aliphatic carbocycles. The van der Waals surface area contributed by atoms with Gasteiger partial charge in [-0.15, -0.1) is 6.58 Å². The van der Waals surface area contributed by atoms with Crippen LogP contribution in [0.3, 0.4) is 0 Å². The summed E-state index contributed by atoms with van der Waals surface area (Å²) in [6.07, 6.45) is 3.00. The number of rotatable bonds is 7. The predicted molar refractivity (Wildman–Crippen MR) is 64.5 cm³/mol. The predicted octanol–water partition coefficient (Wildman–Crippen LogP) is 1.07. The molecule has 92 valence electrons. The molecule has 1 unspecified atom stereocenters. The number of carbonyl (C=O) groups is 2. The minimum atomic E-state index is -0.419. The molecule has 4 nitrogen and oxygen atoms in total. The fourth-order valence-corrected chi connectivity index (χ4v) is 1.91. The van der Waals surface area contributed by atoms with E-state index >= 15 is 0 Å². The van der Waals surface area contributed by atoms with Crippen LogP contribution in [0.15, 0.2) is 12.7 Å². The highest BCUT2D eigenvalue weighted by Gasteiger charge is 2.33. The van der Waals surface area contributed by atoms with Crippen LogP contribution in [0.1, 0.15) is 26.7 Å². The van der Waals surface area contributed by atoms with Gasteiger partial charge in [0.1, 0.15) is 0 Å². The third-order valence-corrected chi connectivity index (χ3v) is 2.75. The van der Waals surface area contributed by atoms with Gasteiger partial charge in [-0.05, 0) is 18.8 Å². The molecule has 3 N–H and O–H groups in total. The molecule has 2 atom stereocenters. The summed E-state index contributed by atoms with van der Waals surface area (Å²) in [6.45, 7) is 7.45. The molecule has 0 aliphatic heterocycles. The molecule has 4 heteroatoms. The standard InChI is InChI=1S/C12H22N2O2/c1-5-6-7-9(11(13)15)10(8(2)3)12(16)14-4/h5,8-10H,1,6-7H2,2-4H3,(H2,13,15)(H,14,16)/t9-,10?/m0/s1. The molecule has 0 aromatic rings. The lowest BCUT2D eigenvalue weighted by molar-refractivity contribution is -0.134. The van der Waals surface area contributed by atoms with Crippen LogP contribution in [0.4, 0.5) is 0 Å². The van der Waals surface area contributed by atoms with Crippen LogP contribution in [0.2, 0.25) is 0 Å². The van der Waals surface area contributed by atoms with Gasteiger partial charge in [0.15, 0.2) is 0 Å². The molecule has 0 saturated carbocycles. The maximum absolute atomic E-state index is 11.7. The zero-order valence-electron chi connectivity index (χ0n) is 10.3. The largest absolute Gasteiger partial charge is 0.369 e. The van der Waals surface area contributed by atoms with E-state index in [0.29, 0.717) is 12.8 Å². The van der Waals surface area contributed by atoms with E-state index in [4.69, 9.17) is 5.73 Å². The zero-order chi connectivity index (χ0) is 12.7. The van der Waals surface area contributed by atoms with Crippen LogP contribution in [0, 0.1) is 17.8 Å². The van der Waals surface area contributed by atoms with Crippen molar-refractivity contribution in [3.8, 4) is 0 Å². The van der Waals surface area contributed by atoms with E-state index in [1.807, 2.05) is 13.8 Å². The van der Waals surface area contributed by atoms with Crippen molar-refractivity contribution in [3.05, 3.63) is 12.7 Å². The normalized spacial score (nSPS) is 14.2. The number of hydrogen-bond donors (Lipinski definition) is 2. The van der Waals surface area contributed by atoms with Crippen molar-refractivity contribution in [3.63, 3.8) is 0 Å². The Bertz CT molecular complexity index is 262. The van der Waals surface area contributed by atoms with Gasteiger partial charge in [0.2, 0.25) is 11.8 Å². The lowest BCUT2D eigenvalue weighted by atomic mass is 9.79. The Morgan fingerprint density at radius 1 is 1.44 bits per heavy atom. The minimum absolute atomic E-state index is 0.0854. The first kappa shape index (κ1) is 14.7. The van der Waals surface area contributed by atoms with Crippen LogP contribution < -0.4 is 11.1 Å². The summed E-state index contributed by atoms with van der Waals surface area (Å²) in [5, 5.41) is 2.59. The van der Waals surface area contributed by atoms with Gasteiger partial charge in [0.25, 0.3) is 0 Å². The molecular weight excluding hydrogens is 204 g/mol. The average molecular weight is 226 g/mol. The van der Waals surface area contributed by atoms with E-state index in [1.165, 1.54) is 0 Å². The lowest BCUT2D eigenvalue weighted by Gasteiger charge is -2.26. The quantitative estimate of drug-likeness (QED) is 0.637. The van der Waals surface area contributed by atoms with Gasteiger partial charge < -0.3 is 11.1 Å². The Labute approximate surface area is 97.3 Å². The number of primary amides is 1. The molecule has 0 spiro atoms. The molecule has 0 heterocycles. The van der Waals surface area contributed by atoms with Gasteiger partial charge in [0, 0.05) is 13.0 Å². The van der Waals surface area contributed by atoms with Crippen molar-refractivity contribution in [2.24, 2.45) is 23.5 Å². The fourth-order valence-electron chi connectivity index (χ4n) is 1.91. The summed E-state index contributed by atoms with van der Waals surface area (Å²) in [5.74, 6) is -1.23. The van der Waals surface area contributed by atoms with E-state index in [2.05, 4.69) is 11.9 Å². The summed E-state index contributed by atoms with van der Waals surface area (Å²) < 4.78 is 0. The molecule has 0 fully saturated rings. The van der Waals surface area contributed by atoms with Crippen molar-refractivity contribution >= 4 is 11.8 Å². The van der Waals surface area contributed by atoms with Crippen LogP contribution in [-0.2, 0) is 9.59 Å². The summed E-state index contributed by atoms with van der Waals surface area (Å²) >= 11 is 0. The monoisotopic (exact) mass is 226 g/mol. The summed E-state index contributed by atoms with van der Waals surface area (Å²) in [4.78, 5) is 23.1. The van der Waals surface area contributed by atoms with E-state index < -0.39 is 11.8 Å². The molecule has 2 amide bonds. The van der Waals surface area contributed by atoms with Gasteiger partial charge in [-0.3, -0.25) is 9.59 Å². The highest BCUT2D eigenvalue weighted by atomic mass is 16.2. The molecule has 0 bridgehead atoms. The molecule has 0 aromatic carbocycles. The lowest BCUT2D eigenvalue weighted by Crippen LogP contribution is -2.41. The summed E-state index contributed by atoms with van der Waals surface area (Å²) in [7, 11) is 1.57. The highest BCUT2D eigenvalue weighted by molar-refractivity contribution is 5.86. The van der Waals surface area contributed by atoms with Crippen molar-refractivity contribution in [1.29, 1.82) is 0 Å². The van der Waals surface area contributed by atoms with Gasteiger partial charge in [0.05, 0.1) is 5.92 Å². The number of nitrogens with one attached hydrogen (secondary N) is 1. The molecular formula is C12H22N2O2. The average Bonchev–Trinajstić information content (AvgIpc) is 2.22. The second-order valence-corrected chi connectivity index (χ2v) is 4.26. The second-order valence-electron chi connectivity index (χ2n) is 4.26. The van der Waals surface area contributed by atoms with E-state index in [0.717, 1.165) is 0 Å². The summed E-state index contributed by atoms with van der Waals surface area (Å²) in [5.41, 5.74) is 5.36. The first-order valence-electron chi connectivity index (χ1n) is 5.57. The van der Waals surface area contributed by atoms with Crippen LogP contribution >= 0.6 is 0 Å². The van der Waals surface area contributed by atoms with Crippen molar-refractivity contribution < 1.29 is 9.59 Å². The second kappa shape index (κ2) is 7.04. The SMILES string of the molecule is C=CCC[C@H](C(N)=O)C(C(=O)NC)C(C)C. The van der Waals surface area contributed by atoms with Crippen LogP contribution in [-0.4, -0.2) is 18.9 Å². The van der Waals surface area contributed by atoms with Gasteiger partial charge >= 0.3 is 0 Å². The smallest absolute Gasteiger partial charge is 0.223 e. The Morgan fingerprint density at radius 3 is 2.31 bits per heavy atom. The zero-order valence-corrected chi connectivity index (χ0v) is 10.3. The van der Waals surface area contributed by atoms with Crippen LogP contribution in [0.25, 0.3) is 0 Å². The molecule has 0 aromatic heterocycles. The third-order valence-electron chi connectivity index (χ3n) is 2.75. The Morgan fingerprint density at radius 2 is 2.00 bits per heavy atom. The van der Waals surface area contributed by atoms with Gasteiger partial charge in [-0.1, -0.05) is 19.9 Å². The Balaban J connectivity index is 4.86. The number of nitrogens with two attached hydrogens (primary N) is 1. The first-order valence-corrected chi connectivity index (χ1v) is 5.57. The Kier molecular flexibility index (Phi) is 6.46. The maximum Gasteiger partial charge on any atom is 0.223 e. The fraction of sp³-hybridized carbons (Fsp3) is 0.667. The number of allylic oxidation sites excluding steroid dienone is 1. The first-order chi connectivity index (χ1) is 7.45. The highest BCUT2D eigenvalue weighted by Crippen LogP contribution is 2.25. The van der Waals surface area contributed by atoms with Crippen molar-refractivity contribution in [1.82, 2.24) is 5.32 Å². The maximum atomic E-state index is 11.7. The number of amides is 2. The van der Waals surface area contributed by atoms with Gasteiger partial charge in [-0.2, -0.15) is 0 Å². The van der Waals surface area contributed by atoms with E-state index in [-0.39, 0.29) is 17.7 Å². The minimum Gasteiger partial charge on any atom is -0.369 e. The molecule has 0 saturated heterocycles.